The van der Waals surface area contributed by atoms with Crippen LogP contribution in [0.1, 0.15) is 46.7 Å². The quantitative estimate of drug-likeness (QED) is 0.830. The van der Waals surface area contributed by atoms with Gasteiger partial charge in [-0.3, -0.25) is 9.80 Å². The molecule has 2 N–H and O–H groups in total. The van der Waals surface area contributed by atoms with Crippen LogP contribution in [0.2, 0.25) is 0 Å². The molecule has 1 amide bonds. The van der Waals surface area contributed by atoms with E-state index in [9.17, 15) is 4.79 Å². The van der Waals surface area contributed by atoms with Crippen molar-refractivity contribution in [3.63, 3.8) is 0 Å². The zero-order valence-electron chi connectivity index (χ0n) is 15.0. The Hall–Kier alpha value is -2.53. The highest BCUT2D eigenvalue weighted by atomic mass is 16.2. The number of aryl methyl sites for hydroxylation is 1. The van der Waals surface area contributed by atoms with Gasteiger partial charge in [-0.1, -0.05) is 24.3 Å². The minimum Gasteiger partial charge on any atom is -0.335 e. The van der Waals surface area contributed by atoms with Gasteiger partial charge < -0.3 is 10.3 Å². The summed E-state index contributed by atoms with van der Waals surface area (Å²) < 4.78 is 0. The van der Waals surface area contributed by atoms with Crippen molar-refractivity contribution in [2.45, 2.75) is 37.6 Å². The maximum Gasteiger partial charge on any atom is 0.254 e. The van der Waals surface area contributed by atoms with Gasteiger partial charge in [0.05, 0.1) is 11.4 Å². The molecule has 2 aromatic rings. The SMILES string of the molecule is CN1NNc2cc(C(=O)N3CCCC4c5ccccc5CCC43)ccc21. The number of rotatable bonds is 1. The summed E-state index contributed by atoms with van der Waals surface area (Å²) in [6, 6.07) is 15.0. The number of hydrazine groups is 2. The summed E-state index contributed by atoms with van der Waals surface area (Å²) in [5.41, 5.74) is 11.9. The van der Waals surface area contributed by atoms with Crippen molar-refractivity contribution in [1.29, 1.82) is 0 Å². The van der Waals surface area contributed by atoms with E-state index in [2.05, 4.69) is 40.1 Å². The number of fused-ring (bicyclic) bond motifs is 4. The Bertz CT molecular complexity index is 865. The summed E-state index contributed by atoms with van der Waals surface area (Å²) >= 11 is 0. The molecule has 1 saturated heterocycles. The second kappa shape index (κ2) is 6.02. The minimum absolute atomic E-state index is 0.165. The molecule has 0 spiro atoms. The standard InChI is InChI=1S/C21H24N4O/c1-24-20-11-9-15(13-18(20)22-23-24)21(26)25-12-4-7-17-16-6-3-2-5-14(16)8-10-19(17)25/h2-3,5-6,9,11,13,17,19,22-23H,4,7-8,10,12H2,1H3. The molecule has 2 aliphatic heterocycles. The van der Waals surface area contributed by atoms with Gasteiger partial charge in [-0.25, -0.2) is 0 Å². The molecule has 5 heteroatoms. The lowest BCUT2D eigenvalue weighted by Gasteiger charge is -2.45. The Kier molecular flexibility index (Phi) is 3.64. The van der Waals surface area contributed by atoms with Gasteiger partial charge in [-0.15, -0.1) is 5.53 Å². The number of likely N-dealkylation sites (tertiary alicyclic amines) is 1. The topological polar surface area (TPSA) is 47.6 Å². The molecular weight excluding hydrogens is 324 g/mol. The van der Waals surface area contributed by atoms with E-state index >= 15 is 0 Å². The van der Waals surface area contributed by atoms with E-state index in [1.165, 1.54) is 17.5 Å². The Morgan fingerprint density at radius 3 is 2.96 bits per heavy atom. The number of carbonyl (C=O) groups excluding carboxylic acids is 1. The fourth-order valence-electron chi connectivity index (χ4n) is 4.89. The summed E-state index contributed by atoms with van der Waals surface area (Å²) in [4.78, 5) is 15.4. The largest absolute Gasteiger partial charge is 0.335 e. The summed E-state index contributed by atoms with van der Waals surface area (Å²) in [6.07, 6.45) is 4.41. The van der Waals surface area contributed by atoms with Crippen LogP contribution < -0.4 is 16.0 Å². The molecule has 1 aliphatic carbocycles. The van der Waals surface area contributed by atoms with Crippen molar-refractivity contribution in [3.8, 4) is 0 Å². The van der Waals surface area contributed by atoms with Crippen LogP contribution in [-0.2, 0) is 6.42 Å². The molecule has 5 nitrogen and oxygen atoms in total. The third-order valence-electron chi connectivity index (χ3n) is 6.17. The Balaban J connectivity index is 1.44. The number of hydrogen-bond donors (Lipinski definition) is 2. The van der Waals surface area contributed by atoms with Crippen LogP contribution in [0.15, 0.2) is 42.5 Å². The van der Waals surface area contributed by atoms with E-state index in [0.29, 0.717) is 12.0 Å². The van der Waals surface area contributed by atoms with E-state index in [1.807, 2.05) is 30.3 Å². The molecule has 134 valence electrons. The molecular formula is C21H24N4O. The van der Waals surface area contributed by atoms with E-state index < -0.39 is 0 Å². The second-order valence-electron chi connectivity index (χ2n) is 7.58. The smallest absolute Gasteiger partial charge is 0.254 e. The van der Waals surface area contributed by atoms with Crippen molar-refractivity contribution in [1.82, 2.24) is 10.4 Å². The van der Waals surface area contributed by atoms with Gasteiger partial charge in [0.2, 0.25) is 0 Å². The molecule has 0 aromatic heterocycles. The predicted octanol–water partition coefficient (Wildman–Crippen LogP) is 3.30. The van der Waals surface area contributed by atoms with Gasteiger partial charge in [0.1, 0.15) is 0 Å². The fourth-order valence-corrected chi connectivity index (χ4v) is 4.89. The molecule has 5 rings (SSSR count). The number of hydrogen-bond acceptors (Lipinski definition) is 4. The third kappa shape index (κ3) is 2.38. The highest BCUT2D eigenvalue weighted by Gasteiger charge is 2.38. The van der Waals surface area contributed by atoms with Crippen molar-refractivity contribution < 1.29 is 4.79 Å². The number of anilines is 2. The Labute approximate surface area is 153 Å². The lowest BCUT2D eigenvalue weighted by molar-refractivity contribution is 0.0547. The van der Waals surface area contributed by atoms with Gasteiger partial charge in [0, 0.05) is 31.1 Å². The number of nitrogens with one attached hydrogen (secondary N) is 2. The first-order valence-electron chi connectivity index (χ1n) is 9.50. The third-order valence-corrected chi connectivity index (χ3v) is 6.17. The predicted molar refractivity (Wildman–Crippen MR) is 103 cm³/mol. The average Bonchev–Trinajstić information content (AvgIpc) is 3.07. The molecule has 2 unspecified atom stereocenters. The summed E-state index contributed by atoms with van der Waals surface area (Å²) in [7, 11) is 1.95. The highest BCUT2D eigenvalue weighted by molar-refractivity contribution is 5.97. The first kappa shape index (κ1) is 15.7. The maximum absolute atomic E-state index is 13.3. The van der Waals surface area contributed by atoms with Crippen LogP contribution in [0.4, 0.5) is 11.4 Å². The lowest BCUT2D eigenvalue weighted by Crippen LogP contribution is -2.49. The van der Waals surface area contributed by atoms with E-state index in [4.69, 9.17) is 0 Å². The Morgan fingerprint density at radius 1 is 1.15 bits per heavy atom. The van der Waals surface area contributed by atoms with Crippen molar-refractivity contribution in [3.05, 3.63) is 59.2 Å². The van der Waals surface area contributed by atoms with Crippen LogP contribution in [0.5, 0.6) is 0 Å². The summed E-state index contributed by atoms with van der Waals surface area (Å²) in [6.45, 7) is 0.866. The van der Waals surface area contributed by atoms with E-state index in [-0.39, 0.29) is 5.91 Å². The van der Waals surface area contributed by atoms with E-state index in [0.717, 1.165) is 42.7 Å². The van der Waals surface area contributed by atoms with E-state index in [1.54, 1.807) is 0 Å². The maximum atomic E-state index is 13.3. The van der Waals surface area contributed by atoms with Gasteiger partial charge in [-0.05, 0) is 55.0 Å². The Morgan fingerprint density at radius 2 is 2.04 bits per heavy atom. The number of piperidine rings is 1. The number of amides is 1. The molecule has 0 saturated carbocycles. The van der Waals surface area contributed by atoms with Gasteiger partial charge >= 0.3 is 0 Å². The minimum atomic E-state index is 0.165. The van der Waals surface area contributed by atoms with Crippen LogP contribution in [0.3, 0.4) is 0 Å². The first-order chi connectivity index (χ1) is 12.7. The molecule has 1 fully saturated rings. The molecule has 0 bridgehead atoms. The number of carbonyl (C=O) groups is 1. The summed E-state index contributed by atoms with van der Waals surface area (Å²) in [5.74, 6) is 0.649. The van der Waals surface area contributed by atoms with Crippen LogP contribution in [0, 0.1) is 0 Å². The van der Waals surface area contributed by atoms with Crippen molar-refractivity contribution >= 4 is 17.3 Å². The molecule has 2 aromatic carbocycles. The van der Waals surface area contributed by atoms with Crippen LogP contribution in [-0.4, -0.2) is 30.4 Å². The summed E-state index contributed by atoms with van der Waals surface area (Å²) in [5, 5.41) is 1.92. The molecule has 0 radical (unpaired) electrons. The molecule has 2 atom stereocenters. The van der Waals surface area contributed by atoms with Crippen LogP contribution >= 0.6 is 0 Å². The first-order valence-corrected chi connectivity index (χ1v) is 9.50. The highest BCUT2D eigenvalue weighted by Crippen LogP contribution is 2.41. The van der Waals surface area contributed by atoms with Crippen LogP contribution in [0.25, 0.3) is 0 Å². The van der Waals surface area contributed by atoms with Gasteiger partial charge in [-0.2, -0.15) is 0 Å². The van der Waals surface area contributed by atoms with Gasteiger partial charge in [0.15, 0.2) is 0 Å². The van der Waals surface area contributed by atoms with Crippen molar-refractivity contribution in [2.24, 2.45) is 0 Å². The zero-order valence-corrected chi connectivity index (χ0v) is 15.0. The molecule has 3 aliphatic rings. The monoisotopic (exact) mass is 348 g/mol. The fraction of sp³-hybridized carbons (Fsp3) is 0.381. The molecule has 26 heavy (non-hydrogen) atoms. The molecule has 2 heterocycles. The van der Waals surface area contributed by atoms with Gasteiger partial charge in [0.25, 0.3) is 5.91 Å². The zero-order chi connectivity index (χ0) is 17.7. The lowest BCUT2D eigenvalue weighted by atomic mass is 9.74. The number of benzene rings is 2. The van der Waals surface area contributed by atoms with Crippen molar-refractivity contribution in [2.75, 3.05) is 24.0 Å². The average molecular weight is 348 g/mol. The number of nitrogens with zero attached hydrogens (tertiary/aromatic N) is 2. The normalized spacial score (nSPS) is 23.7. The second-order valence-corrected chi connectivity index (χ2v) is 7.58.